The summed E-state index contributed by atoms with van der Waals surface area (Å²) in [5, 5.41) is 20.4. The molecule has 28 heavy (non-hydrogen) atoms. The Hall–Kier alpha value is -3.21. The Morgan fingerprint density at radius 1 is 1.25 bits per heavy atom. The number of halogens is 4. The number of alkyl halides is 3. The van der Waals surface area contributed by atoms with Gasteiger partial charge in [0.2, 0.25) is 0 Å². The molecule has 0 aliphatic rings. The number of aryl methyl sites for hydroxylation is 1. The number of aromatic carboxylic acids is 1. The van der Waals surface area contributed by atoms with E-state index in [0.29, 0.717) is 0 Å². The summed E-state index contributed by atoms with van der Waals surface area (Å²) in [4.78, 5) is 37.2. The monoisotopic (exact) mass is 420 g/mol. The highest BCUT2D eigenvalue weighted by molar-refractivity contribution is 6.07. The van der Waals surface area contributed by atoms with Crippen LogP contribution in [-0.2, 0) is 10.9 Å². The third-order valence-electron chi connectivity index (χ3n) is 3.60. The molecule has 0 aliphatic heterocycles. The summed E-state index contributed by atoms with van der Waals surface area (Å²) in [6.07, 6.45) is -5.10. The van der Waals surface area contributed by atoms with E-state index >= 15 is 0 Å². The normalized spacial score (nSPS) is 10.8. The van der Waals surface area contributed by atoms with E-state index in [0.717, 1.165) is 38.3 Å². The van der Waals surface area contributed by atoms with Crippen LogP contribution in [-0.4, -0.2) is 34.1 Å². The fourth-order valence-electron chi connectivity index (χ4n) is 2.54. The average molecular weight is 421 g/mol. The molecule has 0 bridgehead atoms. The fraction of sp³-hybridized carbons (Fsp3) is 0.188. The Bertz CT molecular complexity index is 962. The van der Waals surface area contributed by atoms with Gasteiger partial charge >= 0.3 is 18.1 Å². The number of non-ortho nitro benzene ring substituents is 1. The predicted molar refractivity (Wildman–Crippen MR) is 91.6 cm³/mol. The van der Waals surface area contributed by atoms with Crippen LogP contribution in [0.1, 0.15) is 32.1 Å². The SMILES string of the molecule is COC(=O)c1c(C(F)(F)F)nc(C)c(C(=O)O)c1-c1cccc([N+](=O)[O-])c1.Cl. The maximum atomic E-state index is 13.4. The van der Waals surface area contributed by atoms with Crippen molar-refractivity contribution in [2.75, 3.05) is 7.11 Å². The lowest BCUT2D eigenvalue weighted by atomic mass is 9.91. The molecular weight excluding hydrogens is 409 g/mol. The van der Waals surface area contributed by atoms with Crippen LogP contribution in [0, 0.1) is 17.0 Å². The van der Waals surface area contributed by atoms with Crippen LogP contribution in [0.4, 0.5) is 18.9 Å². The van der Waals surface area contributed by atoms with Crippen LogP contribution in [0.25, 0.3) is 11.1 Å². The van der Waals surface area contributed by atoms with Crippen LogP contribution in [0.2, 0.25) is 0 Å². The number of hydrogen-bond donors (Lipinski definition) is 1. The Morgan fingerprint density at radius 3 is 2.32 bits per heavy atom. The number of aromatic nitrogens is 1. The zero-order valence-corrected chi connectivity index (χ0v) is 15.1. The Kier molecular flexibility index (Phi) is 6.70. The number of nitro benzene ring substituents is 1. The minimum Gasteiger partial charge on any atom is -0.478 e. The van der Waals surface area contributed by atoms with Gasteiger partial charge in [-0.15, -0.1) is 12.4 Å². The van der Waals surface area contributed by atoms with Crippen LogP contribution in [0.15, 0.2) is 24.3 Å². The van der Waals surface area contributed by atoms with E-state index in [-0.39, 0.29) is 18.0 Å². The van der Waals surface area contributed by atoms with E-state index in [1.807, 2.05) is 0 Å². The average Bonchev–Trinajstić information content (AvgIpc) is 2.59. The summed E-state index contributed by atoms with van der Waals surface area (Å²) in [5.41, 5.74) is -5.39. The van der Waals surface area contributed by atoms with Crippen LogP contribution >= 0.6 is 12.4 Å². The molecule has 0 saturated heterocycles. The van der Waals surface area contributed by atoms with Gasteiger partial charge in [0.15, 0.2) is 5.69 Å². The van der Waals surface area contributed by atoms with Crippen molar-refractivity contribution in [3.05, 3.63) is 56.9 Å². The van der Waals surface area contributed by atoms with Crippen molar-refractivity contribution in [2.24, 2.45) is 0 Å². The molecule has 0 fully saturated rings. The first-order valence-electron chi connectivity index (χ1n) is 7.17. The van der Waals surface area contributed by atoms with Crippen LogP contribution in [0.3, 0.4) is 0 Å². The molecule has 0 radical (unpaired) electrons. The summed E-state index contributed by atoms with van der Waals surface area (Å²) in [6.45, 7) is 1.03. The number of carbonyl (C=O) groups excluding carboxylic acids is 1. The maximum Gasteiger partial charge on any atom is 0.434 e. The number of hydrogen-bond acceptors (Lipinski definition) is 6. The minimum atomic E-state index is -5.10. The largest absolute Gasteiger partial charge is 0.478 e. The molecule has 1 N–H and O–H groups in total. The van der Waals surface area contributed by atoms with E-state index < -0.39 is 56.8 Å². The standard InChI is InChI=1S/C16H11F3N2O6.ClH/c1-7-10(14(22)23)11(8-4-3-5-9(6-8)21(25)26)12(15(24)27-2)13(20-7)16(17,18)19;/h3-6H,1-2H3,(H,22,23);1H. The number of carboxylic acids is 1. The second-order valence-electron chi connectivity index (χ2n) is 5.27. The van der Waals surface area contributed by atoms with Gasteiger partial charge in [0.25, 0.3) is 5.69 Å². The number of ether oxygens (including phenoxy) is 1. The molecule has 2 aromatic rings. The van der Waals surface area contributed by atoms with E-state index in [2.05, 4.69) is 9.72 Å². The molecule has 0 aliphatic carbocycles. The molecule has 0 saturated carbocycles. The lowest BCUT2D eigenvalue weighted by Crippen LogP contribution is -2.21. The highest BCUT2D eigenvalue weighted by Gasteiger charge is 2.41. The van der Waals surface area contributed by atoms with Gasteiger partial charge in [0.1, 0.15) is 0 Å². The molecule has 0 spiro atoms. The number of rotatable bonds is 4. The quantitative estimate of drug-likeness (QED) is 0.452. The van der Waals surface area contributed by atoms with E-state index in [1.165, 1.54) is 0 Å². The van der Waals surface area contributed by atoms with E-state index in [4.69, 9.17) is 0 Å². The van der Waals surface area contributed by atoms with Gasteiger partial charge in [-0.25, -0.2) is 14.6 Å². The van der Waals surface area contributed by atoms with Crippen LogP contribution in [0.5, 0.6) is 0 Å². The first kappa shape index (κ1) is 22.8. The Morgan fingerprint density at radius 2 is 1.86 bits per heavy atom. The van der Waals surface area contributed by atoms with Crippen molar-refractivity contribution >= 4 is 30.0 Å². The number of esters is 1. The first-order valence-corrected chi connectivity index (χ1v) is 7.17. The molecule has 0 amide bonds. The number of benzene rings is 1. The minimum absolute atomic E-state index is 0. The van der Waals surface area contributed by atoms with Gasteiger partial charge in [-0.3, -0.25) is 10.1 Å². The maximum absolute atomic E-state index is 13.4. The van der Waals surface area contributed by atoms with E-state index in [1.54, 1.807) is 0 Å². The van der Waals surface area contributed by atoms with Crippen molar-refractivity contribution < 1.29 is 37.5 Å². The van der Waals surface area contributed by atoms with E-state index in [9.17, 15) is 38.0 Å². The van der Waals surface area contributed by atoms with Crippen molar-refractivity contribution in [2.45, 2.75) is 13.1 Å². The van der Waals surface area contributed by atoms with Crippen molar-refractivity contribution in [3.63, 3.8) is 0 Å². The van der Waals surface area contributed by atoms with Gasteiger partial charge in [0.05, 0.1) is 28.9 Å². The number of carbonyl (C=O) groups is 2. The molecular formula is C16H12ClF3N2O6. The lowest BCUT2D eigenvalue weighted by molar-refractivity contribution is -0.384. The van der Waals surface area contributed by atoms with Crippen molar-refractivity contribution in [1.82, 2.24) is 4.98 Å². The first-order chi connectivity index (χ1) is 12.5. The smallest absolute Gasteiger partial charge is 0.434 e. The highest BCUT2D eigenvalue weighted by atomic mass is 35.5. The number of nitro groups is 1. The molecule has 1 aromatic heterocycles. The fourth-order valence-corrected chi connectivity index (χ4v) is 2.54. The molecule has 0 atom stereocenters. The molecule has 8 nitrogen and oxygen atoms in total. The van der Waals surface area contributed by atoms with Gasteiger partial charge in [-0.05, 0) is 12.5 Å². The summed E-state index contributed by atoms with van der Waals surface area (Å²) in [7, 11) is 0.819. The second-order valence-corrected chi connectivity index (χ2v) is 5.27. The number of pyridine rings is 1. The molecule has 2 rings (SSSR count). The number of nitrogens with zero attached hydrogens (tertiary/aromatic N) is 2. The summed E-state index contributed by atoms with van der Waals surface area (Å²) in [5.74, 6) is -3.13. The second kappa shape index (κ2) is 8.21. The van der Waals surface area contributed by atoms with Gasteiger partial charge in [-0.1, -0.05) is 12.1 Å². The molecule has 150 valence electrons. The molecule has 12 heteroatoms. The number of methoxy groups -OCH3 is 1. The van der Waals surface area contributed by atoms with Crippen molar-refractivity contribution in [1.29, 1.82) is 0 Å². The van der Waals surface area contributed by atoms with Gasteiger partial charge in [0, 0.05) is 17.7 Å². The summed E-state index contributed by atoms with van der Waals surface area (Å²) < 4.78 is 44.7. The summed E-state index contributed by atoms with van der Waals surface area (Å²) >= 11 is 0. The number of carboxylic acid groups (broad SMARTS) is 1. The molecule has 1 aromatic carbocycles. The van der Waals surface area contributed by atoms with Gasteiger partial charge < -0.3 is 9.84 Å². The summed E-state index contributed by atoms with van der Waals surface area (Å²) in [6, 6.07) is 4.25. The highest BCUT2D eigenvalue weighted by Crippen LogP contribution is 2.39. The molecule has 1 heterocycles. The predicted octanol–water partition coefficient (Wildman–Crippen LogP) is 3.89. The third kappa shape index (κ3) is 4.19. The van der Waals surface area contributed by atoms with Crippen molar-refractivity contribution in [3.8, 4) is 11.1 Å². The Balaban J connectivity index is 0.00000392. The Labute approximate surface area is 161 Å². The zero-order valence-electron chi connectivity index (χ0n) is 14.2. The third-order valence-corrected chi connectivity index (χ3v) is 3.60. The zero-order chi connectivity index (χ0) is 20.5. The van der Waals surface area contributed by atoms with Crippen LogP contribution < -0.4 is 0 Å². The topological polar surface area (TPSA) is 120 Å². The molecule has 0 unspecified atom stereocenters. The lowest BCUT2D eigenvalue weighted by Gasteiger charge is -2.18. The van der Waals surface area contributed by atoms with Gasteiger partial charge in [-0.2, -0.15) is 13.2 Å².